The van der Waals surface area contributed by atoms with Crippen LogP contribution in [-0.2, 0) is 22.4 Å². The van der Waals surface area contributed by atoms with E-state index in [-0.39, 0.29) is 11.9 Å². The zero-order valence-corrected chi connectivity index (χ0v) is 13.8. The summed E-state index contributed by atoms with van der Waals surface area (Å²) in [4.78, 5) is 25.5. The van der Waals surface area contributed by atoms with Gasteiger partial charge in [-0.1, -0.05) is 6.58 Å². The van der Waals surface area contributed by atoms with Crippen molar-refractivity contribution in [1.29, 1.82) is 0 Å². The average molecular weight is 323 g/mol. The largest absolute Gasteiger partial charge is 0.462 e. The van der Waals surface area contributed by atoms with Gasteiger partial charge < -0.3 is 15.4 Å². The predicted octanol–water partition coefficient (Wildman–Crippen LogP) is 1.49. The second kappa shape index (κ2) is 8.10. The molecule has 0 unspecified atom stereocenters. The van der Waals surface area contributed by atoms with Gasteiger partial charge in [0.1, 0.15) is 5.00 Å². The predicted molar refractivity (Wildman–Crippen MR) is 87.4 cm³/mol. The van der Waals surface area contributed by atoms with Crippen molar-refractivity contribution in [2.75, 3.05) is 25.0 Å². The molecule has 0 radical (unpaired) electrons. The lowest BCUT2D eigenvalue weighted by molar-refractivity contribution is -0.634. The molecule has 0 saturated heterocycles. The van der Waals surface area contributed by atoms with E-state index >= 15 is 0 Å². The van der Waals surface area contributed by atoms with Crippen LogP contribution in [0.1, 0.15) is 40.6 Å². The molecule has 120 valence electrons. The lowest BCUT2D eigenvalue weighted by Crippen LogP contribution is -2.86. The van der Waals surface area contributed by atoms with Gasteiger partial charge in [-0.25, -0.2) is 4.79 Å². The number of ether oxygens (including phenoxy) is 1. The van der Waals surface area contributed by atoms with E-state index in [9.17, 15) is 9.59 Å². The number of quaternary nitrogens is 1. The molecule has 1 aromatic heterocycles. The molecule has 0 saturated carbocycles. The standard InChI is InChI=1S/C16H22N2O3S/c1-3-9-17-10-13(19)18-15-14(16(20)21-4-2)11-7-5-6-8-12(11)22-15/h3,17H,1,4-10H2,2H3,(H,18,19)/p+1. The van der Waals surface area contributed by atoms with Gasteiger partial charge in [0.2, 0.25) is 0 Å². The number of nitrogens with one attached hydrogen (secondary N) is 1. The number of fused-ring (bicyclic) bond motifs is 1. The lowest BCUT2D eigenvalue weighted by Gasteiger charge is -2.12. The Bertz CT molecular complexity index is 566. The van der Waals surface area contributed by atoms with Crippen LogP contribution in [-0.4, -0.2) is 31.6 Å². The van der Waals surface area contributed by atoms with Crippen LogP contribution in [0.25, 0.3) is 0 Å². The van der Waals surface area contributed by atoms with Crippen molar-refractivity contribution in [1.82, 2.24) is 0 Å². The zero-order chi connectivity index (χ0) is 15.9. The maximum atomic E-state index is 12.3. The second-order valence-corrected chi connectivity index (χ2v) is 6.31. The minimum Gasteiger partial charge on any atom is -0.462 e. The Labute approximate surface area is 134 Å². The molecular weight excluding hydrogens is 300 g/mol. The highest BCUT2D eigenvalue weighted by Crippen LogP contribution is 2.38. The smallest absolute Gasteiger partial charge is 0.341 e. The van der Waals surface area contributed by atoms with Crippen LogP contribution in [0.3, 0.4) is 0 Å². The maximum absolute atomic E-state index is 12.3. The summed E-state index contributed by atoms with van der Waals surface area (Å²) in [5.74, 6) is -0.432. The number of carbonyl (C=O) groups excluding carboxylic acids is 2. The van der Waals surface area contributed by atoms with Crippen LogP contribution in [0.4, 0.5) is 5.00 Å². The third kappa shape index (κ3) is 3.96. The first-order valence-corrected chi connectivity index (χ1v) is 8.53. The third-order valence-electron chi connectivity index (χ3n) is 3.57. The van der Waals surface area contributed by atoms with E-state index in [0.29, 0.717) is 30.3 Å². The maximum Gasteiger partial charge on any atom is 0.341 e. The molecular formula is C16H23N2O3S+. The highest BCUT2D eigenvalue weighted by Gasteiger charge is 2.27. The number of amides is 1. The van der Waals surface area contributed by atoms with Gasteiger partial charge in [-0.05, 0) is 44.2 Å². The molecule has 0 spiro atoms. The van der Waals surface area contributed by atoms with Gasteiger partial charge >= 0.3 is 5.97 Å². The van der Waals surface area contributed by atoms with E-state index in [0.717, 1.165) is 31.2 Å². The van der Waals surface area contributed by atoms with Gasteiger partial charge in [-0.3, -0.25) is 4.79 Å². The van der Waals surface area contributed by atoms with E-state index in [2.05, 4.69) is 11.9 Å². The van der Waals surface area contributed by atoms with Crippen molar-refractivity contribution in [3.8, 4) is 0 Å². The van der Waals surface area contributed by atoms with E-state index in [1.165, 1.54) is 16.2 Å². The molecule has 22 heavy (non-hydrogen) atoms. The summed E-state index contributed by atoms with van der Waals surface area (Å²) < 4.78 is 5.17. The average Bonchev–Trinajstić information content (AvgIpc) is 2.85. The lowest BCUT2D eigenvalue weighted by atomic mass is 9.95. The first-order chi connectivity index (χ1) is 10.7. The van der Waals surface area contributed by atoms with E-state index in [1.54, 1.807) is 13.0 Å². The number of hydrogen-bond donors (Lipinski definition) is 2. The molecule has 0 aliphatic heterocycles. The van der Waals surface area contributed by atoms with Gasteiger partial charge in [-0.15, -0.1) is 11.3 Å². The molecule has 2 rings (SSSR count). The van der Waals surface area contributed by atoms with Gasteiger partial charge in [0, 0.05) is 4.88 Å². The first kappa shape index (κ1) is 16.7. The summed E-state index contributed by atoms with van der Waals surface area (Å²) in [7, 11) is 0. The molecule has 1 aromatic rings. The van der Waals surface area contributed by atoms with Crippen molar-refractivity contribution in [3.05, 3.63) is 28.7 Å². The van der Waals surface area contributed by atoms with Crippen LogP contribution >= 0.6 is 11.3 Å². The van der Waals surface area contributed by atoms with Crippen LogP contribution in [0.5, 0.6) is 0 Å². The Morgan fingerprint density at radius 1 is 1.41 bits per heavy atom. The molecule has 1 aliphatic rings. The van der Waals surface area contributed by atoms with Gasteiger partial charge in [0.25, 0.3) is 5.91 Å². The quantitative estimate of drug-likeness (QED) is 0.454. The van der Waals surface area contributed by atoms with Gasteiger partial charge in [0.15, 0.2) is 6.54 Å². The van der Waals surface area contributed by atoms with Gasteiger partial charge in [-0.2, -0.15) is 0 Å². The molecule has 0 aromatic carbocycles. The summed E-state index contributed by atoms with van der Waals surface area (Å²) in [5, 5.41) is 5.38. The Balaban J connectivity index is 2.18. The summed E-state index contributed by atoms with van der Waals surface area (Å²) in [6.45, 7) is 6.76. The molecule has 6 heteroatoms. The number of carbonyl (C=O) groups is 2. The fraction of sp³-hybridized carbons (Fsp3) is 0.500. The van der Waals surface area contributed by atoms with Crippen LogP contribution in [0.15, 0.2) is 12.7 Å². The minimum atomic E-state index is -0.327. The summed E-state index contributed by atoms with van der Waals surface area (Å²) >= 11 is 1.52. The minimum absolute atomic E-state index is 0.106. The topological polar surface area (TPSA) is 72.0 Å². The first-order valence-electron chi connectivity index (χ1n) is 7.71. The van der Waals surface area contributed by atoms with Crippen molar-refractivity contribution in [3.63, 3.8) is 0 Å². The Hall–Kier alpha value is -1.66. The molecule has 0 bridgehead atoms. The third-order valence-corrected chi connectivity index (χ3v) is 4.77. The molecule has 0 atom stereocenters. The van der Waals surface area contributed by atoms with Crippen molar-refractivity contribution in [2.45, 2.75) is 32.6 Å². The molecule has 3 N–H and O–H groups in total. The van der Waals surface area contributed by atoms with E-state index in [1.807, 2.05) is 5.32 Å². The summed E-state index contributed by atoms with van der Waals surface area (Å²) in [6, 6.07) is 0. The number of thiophene rings is 1. The van der Waals surface area contributed by atoms with Crippen molar-refractivity contribution in [2.24, 2.45) is 0 Å². The number of esters is 1. The number of nitrogens with two attached hydrogens (primary N) is 1. The highest BCUT2D eigenvalue weighted by molar-refractivity contribution is 7.17. The van der Waals surface area contributed by atoms with Crippen LogP contribution in [0, 0.1) is 0 Å². The van der Waals surface area contributed by atoms with Crippen molar-refractivity contribution >= 4 is 28.2 Å². The monoisotopic (exact) mass is 323 g/mol. The molecule has 5 nitrogen and oxygen atoms in total. The highest BCUT2D eigenvalue weighted by atomic mass is 32.1. The fourth-order valence-corrected chi connectivity index (χ4v) is 3.88. The Morgan fingerprint density at radius 3 is 2.91 bits per heavy atom. The summed E-state index contributed by atoms with van der Waals surface area (Å²) in [5.41, 5.74) is 1.64. The van der Waals surface area contributed by atoms with E-state index < -0.39 is 0 Å². The van der Waals surface area contributed by atoms with Gasteiger partial charge in [0.05, 0.1) is 18.7 Å². The number of hydrogen-bond acceptors (Lipinski definition) is 4. The van der Waals surface area contributed by atoms with E-state index in [4.69, 9.17) is 4.74 Å². The van der Waals surface area contributed by atoms with Crippen molar-refractivity contribution < 1.29 is 19.6 Å². The molecule has 1 aliphatic carbocycles. The number of anilines is 1. The Kier molecular flexibility index (Phi) is 6.15. The number of rotatable bonds is 7. The van der Waals surface area contributed by atoms with Crippen LogP contribution < -0.4 is 10.6 Å². The Morgan fingerprint density at radius 2 is 2.18 bits per heavy atom. The molecule has 1 heterocycles. The zero-order valence-electron chi connectivity index (χ0n) is 12.9. The molecule has 1 amide bonds. The fourth-order valence-electron chi connectivity index (χ4n) is 2.58. The normalized spacial score (nSPS) is 13.3. The molecule has 0 fully saturated rings. The van der Waals surface area contributed by atoms with Crippen LogP contribution in [0.2, 0.25) is 0 Å². The number of aryl methyl sites for hydroxylation is 1. The SMILES string of the molecule is C=CC[NH2+]CC(=O)Nc1sc2c(c1C(=O)OCC)CCCC2. The second-order valence-electron chi connectivity index (χ2n) is 5.20. The summed E-state index contributed by atoms with van der Waals surface area (Å²) in [6.07, 6.45) is 5.83.